The van der Waals surface area contributed by atoms with Gasteiger partial charge in [0.1, 0.15) is 10.4 Å². The van der Waals surface area contributed by atoms with Crippen LogP contribution in [0.1, 0.15) is 0 Å². The van der Waals surface area contributed by atoms with Crippen molar-refractivity contribution in [3.8, 4) is 0 Å². The highest BCUT2D eigenvalue weighted by molar-refractivity contribution is 6.53. The third-order valence-electron chi connectivity index (χ3n) is 1.72. The number of allylic oxidation sites excluding steroid dienone is 2. The van der Waals surface area contributed by atoms with Crippen molar-refractivity contribution in [2.45, 2.75) is 11.2 Å². The molecule has 2 N–H and O–H groups in total. The van der Waals surface area contributed by atoms with Crippen LogP contribution in [0.4, 0.5) is 4.39 Å². The molecule has 0 aromatic rings. The third-order valence-corrected chi connectivity index (χ3v) is 4.25. The summed E-state index contributed by atoms with van der Waals surface area (Å²) in [6.07, 6.45) is 0. The SMILES string of the molecule is OB(O)OC1(F)C(Cl)=C(Cl)C(Cl)=C(Cl)C1Cl. The van der Waals surface area contributed by atoms with Gasteiger partial charge in [0.25, 0.3) is 5.85 Å². The molecule has 16 heavy (non-hydrogen) atoms. The lowest BCUT2D eigenvalue weighted by atomic mass is 10.1. The monoisotopic (exact) mass is 328 g/mol. The summed E-state index contributed by atoms with van der Waals surface area (Å²) < 4.78 is 18.3. The maximum atomic E-state index is 14.2. The Morgan fingerprint density at radius 2 is 1.69 bits per heavy atom. The van der Waals surface area contributed by atoms with Crippen molar-refractivity contribution in [3.63, 3.8) is 0 Å². The van der Waals surface area contributed by atoms with Gasteiger partial charge in [-0.2, -0.15) is 0 Å². The Balaban J connectivity index is 3.24. The molecule has 1 rings (SSSR count). The van der Waals surface area contributed by atoms with E-state index in [1.807, 2.05) is 0 Å². The summed E-state index contributed by atoms with van der Waals surface area (Å²) in [5.41, 5.74) is 0. The van der Waals surface area contributed by atoms with E-state index in [1.54, 1.807) is 0 Å². The Hall–Kier alpha value is 0.805. The van der Waals surface area contributed by atoms with Gasteiger partial charge in [-0.25, -0.2) is 4.39 Å². The fourth-order valence-electron chi connectivity index (χ4n) is 1.00. The van der Waals surface area contributed by atoms with E-state index in [1.165, 1.54) is 0 Å². The summed E-state index contributed by atoms with van der Waals surface area (Å²) in [4.78, 5) is 0. The Morgan fingerprint density at radius 1 is 1.19 bits per heavy atom. The topological polar surface area (TPSA) is 49.7 Å². The second-order valence-corrected chi connectivity index (χ2v) is 4.72. The molecule has 0 radical (unpaired) electrons. The summed E-state index contributed by atoms with van der Waals surface area (Å²) in [5, 5.41) is 13.8. The van der Waals surface area contributed by atoms with Crippen LogP contribution in [-0.4, -0.2) is 28.6 Å². The van der Waals surface area contributed by atoms with Crippen LogP contribution >= 0.6 is 58.0 Å². The predicted molar refractivity (Wildman–Crippen MR) is 62.2 cm³/mol. The molecule has 2 atom stereocenters. The smallest absolute Gasteiger partial charge is 0.402 e. The van der Waals surface area contributed by atoms with Gasteiger partial charge in [-0.3, -0.25) is 0 Å². The van der Waals surface area contributed by atoms with Crippen molar-refractivity contribution < 1.29 is 19.1 Å². The summed E-state index contributed by atoms with van der Waals surface area (Å²) >= 11 is 27.9. The summed E-state index contributed by atoms with van der Waals surface area (Å²) in [7, 11) is -2.44. The molecule has 0 aromatic heterocycles. The van der Waals surface area contributed by atoms with Gasteiger partial charge in [0.05, 0.1) is 15.1 Å². The minimum Gasteiger partial charge on any atom is -0.402 e. The maximum Gasteiger partial charge on any atom is 0.636 e. The fourth-order valence-corrected chi connectivity index (χ4v) is 2.40. The van der Waals surface area contributed by atoms with E-state index < -0.39 is 28.6 Å². The van der Waals surface area contributed by atoms with Crippen molar-refractivity contribution >= 4 is 65.3 Å². The molecule has 90 valence electrons. The molecule has 0 heterocycles. The van der Waals surface area contributed by atoms with Gasteiger partial charge >= 0.3 is 7.32 Å². The van der Waals surface area contributed by atoms with E-state index in [2.05, 4.69) is 4.65 Å². The molecule has 3 nitrogen and oxygen atoms in total. The zero-order valence-electron chi connectivity index (χ0n) is 7.23. The molecule has 0 bridgehead atoms. The quantitative estimate of drug-likeness (QED) is 0.605. The van der Waals surface area contributed by atoms with Crippen molar-refractivity contribution in [2.24, 2.45) is 0 Å². The Kier molecular flexibility index (Phi) is 4.83. The van der Waals surface area contributed by atoms with Crippen LogP contribution in [0.5, 0.6) is 0 Å². The van der Waals surface area contributed by atoms with Crippen LogP contribution in [0.15, 0.2) is 20.1 Å². The van der Waals surface area contributed by atoms with Crippen LogP contribution in [0.25, 0.3) is 0 Å². The standard InChI is InChI=1S/C6H3BCl5FO3/c8-1-2(9)4(11)6(13,16-7(14)15)5(12)3(1)10/h4,14-15H. The molecular weight excluding hydrogens is 327 g/mol. The largest absolute Gasteiger partial charge is 0.636 e. The molecule has 0 saturated heterocycles. The minimum absolute atomic E-state index is 0.224. The van der Waals surface area contributed by atoms with Crippen molar-refractivity contribution in [3.05, 3.63) is 20.1 Å². The summed E-state index contributed by atoms with van der Waals surface area (Å²) in [5.74, 6) is -2.95. The molecule has 10 heteroatoms. The van der Waals surface area contributed by atoms with Crippen molar-refractivity contribution in [1.82, 2.24) is 0 Å². The summed E-state index contributed by atoms with van der Waals surface area (Å²) in [6.45, 7) is 0. The lowest BCUT2D eigenvalue weighted by Gasteiger charge is -2.33. The number of alkyl halides is 2. The zero-order valence-corrected chi connectivity index (χ0v) is 11.0. The molecule has 0 amide bonds. The molecule has 2 unspecified atom stereocenters. The first kappa shape index (κ1) is 14.9. The molecular formula is C6H3BCl5FO3. The van der Waals surface area contributed by atoms with Gasteiger partial charge in [-0.05, 0) is 0 Å². The van der Waals surface area contributed by atoms with Gasteiger partial charge in [0.2, 0.25) is 0 Å². The van der Waals surface area contributed by atoms with Crippen LogP contribution in [0, 0.1) is 0 Å². The van der Waals surface area contributed by atoms with Gasteiger partial charge in [-0.1, -0.05) is 46.4 Å². The second-order valence-electron chi connectivity index (χ2n) is 2.74. The normalized spacial score (nSPS) is 31.1. The van der Waals surface area contributed by atoms with E-state index in [-0.39, 0.29) is 10.1 Å². The van der Waals surface area contributed by atoms with Gasteiger partial charge in [-0.15, -0.1) is 11.6 Å². The number of halogens is 6. The van der Waals surface area contributed by atoms with E-state index in [0.717, 1.165) is 0 Å². The van der Waals surface area contributed by atoms with Crippen LogP contribution in [-0.2, 0) is 4.65 Å². The lowest BCUT2D eigenvalue weighted by Crippen LogP contribution is -2.45. The van der Waals surface area contributed by atoms with Gasteiger partial charge in [0, 0.05) is 0 Å². The van der Waals surface area contributed by atoms with Crippen LogP contribution < -0.4 is 0 Å². The second kappa shape index (κ2) is 5.20. The zero-order chi connectivity index (χ0) is 12.7. The first-order valence-electron chi connectivity index (χ1n) is 3.70. The average molecular weight is 330 g/mol. The molecule has 0 aromatic carbocycles. The molecule has 1 aliphatic carbocycles. The highest BCUT2D eigenvalue weighted by Crippen LogP contribution is 2.49. The van der Waals surface area contributed by atoms with E-state index in [0.29, 0.717) is 0 Å². The Bertz CT molecular complexity index is 373. The number of rotatable bonds is 2. The van der Waals surface area contributed by atoms with Gasteiger partial charge in [0.15, 0.2) is 0 Å². The van der Waals surface area contributed by atoms with E-state index in [9.17, 15) is 4.39 Å². The highest BCUT2D eigenvalue weighted by atomic mass is 35.5. The van der Waals surface area contributed by atoms with Crippen molar-refractivity contribution in [1.29, 1.82) is 0 Å². The van der Waals surface area contributed by atoms with E-state index in [4.69, 9.17) is 68.1 Å². The van der Waals surface area contributed by atoms with E-state index >= 15 is 0 Å². The predicted octanol–water partition coefficient (Wildman–Crippen LogP) is 2.64. The first-order chi connectivity index (χ1) is 7.21. The first-order valence-corrected chi connectivity index (χ1v) is 5.64. The molecule has 0 spiro atoms. The maximum absolute atomic E-state index is 14.2. The van der Waals surface area contributed by atoms with Crippen LogP contribution in [0.3, 0.4) is 0 Å². The fraction of sp³-hybridized carbons (Fsp3) is 0.333. The number of hydrogen-bond acceptors (Lipinski definition) is 3. The lowest BCUT2D eigenvalue weighted by molar-refractivity contribution is -0.0497. The highest BCUT2D eigenvalue weighted by Gasteiger charge is 2.52. The van der Waals surface area contributed by atoms with Crippen LogP contribution in [0.2, 0.25) is 0 Å². The van der Waals surface area contributed by atoms with Crippen molar-refractivity contribution in [2.75, 3.05) is 0 Å². The molecule has 0 aliphatic heterocycles. The Morgan fingerprint density at radius 3 is 2.12 bits per heavy atom. The average Bonchev–Trinajstić information content (AvgIpc) is 2.21. The van der Waals surface area contributed by atoms with Gasteiger partial charge < -0.3 is 14.7 Å². The Labute approximate surface area is 115 Å². The molecule has 0 saturated carbocycles. The minimum atomic E-state index is -2.95. The third kappa shape index (κ3) is 2.47. The summed E-state index contributed by atoms with van der Waals surface area (Å²) in [6, 6.07) is 0. The molecule has 1 aliphatic rings. The number of hydrogen-bond donors (Lipinski definition) is 2. The molecule has 0 fully saturated rings.